The summed E-state index contributed by atoms with van der Waals surface area (Å²) in [5, 5.41) is 0. The fraction of sp³-hybridized carbons (Fsp3) is 0.529. The highest BCUT2D eigenvalue weighted by molar-refractivity contribution is 5.95. The van der Waals surface area contributed by atoms with Crippen molar-refractivity contribution in [2.75, 3.05) is 6.54 Å². The predicted molar refractivity (Wildman–Crippen MR) is 81.0 cm³/mol. The van der Waals surface area contributed by atoms with E-state index in [0.29, 0.717) is 0 Å². The molecule has 1 atom stereocenters. The molecular weight excluding hydrogens is 264 g/mol. The Labute approximate surface area is 125 Å². The molecule has 3 rings (SSSR count). The zero-order chi connectivity index (χ0) is 14.8. The van der Waals surface area contributed by atoms with Gasteiger partial charge in [-0.3, -0.25) is 9.59 Å². The Kier molecular flexibility index (Phi) is 3.95. The van der Waals surface area contributed by atoms with Crippen LogP contribution >= 0.6 is 0 Å². The zero-order valence-corrected chi connectivity index (χ0v) is 12.3. The number of hydrogen-bond donors (Lipinski definition) is 1. The van der Waals surface area contributed by atoms with Crippen molar-refractivity contribution in [1.82, 2.24) is 4.90 Å². The maximum atomic E-state index is 12.8. The number of carbonyl (C=O) groups is 2. The summed E-state index contributed by atoms with van der Waals surface area (Å²) in [6, 6.07) is 6.03. The summed E-state index contributed by atoms with van der Waals surface area (Å²) < 4.78 is 0. The lowest BCUT2D eigenvalue weighted by Crippen LogP contribution is -2.45. The summed E-state index contributed by atoms with van der Waals surface area (Å²) in [7, 11) is 0. The lowest BCUT2D eigenvalue weighted by molar-refractivity contribution is -0.119. The lowest BCUT2D eigenvalue weighted by atomic mass is 9.97. The minimum absolute atomic E-state index is 0.0306. The van der Waals surface area contributed by atoms with Crippen LogP contribution in [-0.2, 0) is 17.6 Å². The van der Waals surface area contributed by atoms with E-state index in [-0.39, 0.29) is 24.3 Å². The largest absolute Gasteiger partial charge is 0.370 e. The molecule has 1 heterocycles. The predicted octanol–water partition coefficient (Wildman–Crippen LogP) is 2.05. The average Bonchev–Trinajstić information content (AvgIpc) is 2.94. The number of aryl methyl sites for hydroxylation is 2. The molecule has 0 spiro atoms. The van der Waals surface area contributed by atoms with Crippen molar-refractivity contribution in [1.29, 1.82) is 0 Å². The molecule has 0 unspecified atom stereocenters. The fourth-order valence-electron chi connectivity index (χ4n) is 3.58. The quantitative estimate of drug-likeness (QED) is 0.924. The molecule has 1 fully saturated rings. The Morgan fingerprint density at radius 3 is 2.76 bits per heavy atom. The number of fused-ring (bicyclic) bond motifs is 1. The molecule has 1 aromatic rings. The molecule has 2 aliphatic rings. The van der Waals surface area contributed by atoms with Gasteiger partial charge in [-0.05, 0) is 61.8 Å². The van der Waals surface area contributed by atoms with Gasteiger partial charge in [0.2, 0.25) is 5.91 Å². The van der Waals surface area contributed by atoms with E-state index in [0.717, 1.165) is 44.2 Å². The second-order valence-electron chi connectivity index (χ2n) is 6.16. The van der Waals surface area contributed by atoms with Crippen LogP contribution in [0.4, 0.5) is 0 Å². The average molecular weight is 286 g/mol. The minimum Gasteiger partial charge on any atom is -0.370 e. The molecule has 21 heavy (non-hydrogen) atoms. The van der Waals surface area contributed by atoms with E-state index in [1.165, 1.54) is 17.5 Å². The smallest absolute Gasteiger partial charge is 0.254 e. The number of piperidine rings is 1. The highest BCUT2D eigenvalue weighted by atomic mass is 16.2. The van der Waals surface area contributed by atoms with E-state index in [1.54, 1.807) is 0 Å². The third kappa shape index (κ3) is 2.94. The number of hydrogen-bond acceptors (Lipinski definition) is 2. The Bertz CT molecular complexity index is 568. The van der Waals surface area contributed by atoms with E-state index in [4.69, 9.17) is 5.73 Å². The van der Waals surface area contributed by atoms with Crippen LogP contribution in [0, 0.1) is 0 Å². The van der Waals surface area contributed by atoms with Crippen LogP contribution in [0.1, 0.15) is 53.6 Å². The van der Waals surface area contributed by atoms with Gasteiger partial charge in [0, 0.05) is 24.6 Å². The zero-order valence-electron chi connectivity index (χ0n) is 12.3. The number of carbonyl (C=O) groups excluding carboxylic acids is 2. The number of amides is 2. The van der Waals surface area contributed by atoms with E-state index in [1.807, 2.05) is 17.0 Å². The van der Waals surface area contributed by atoms with Gasteiger partial charge in [0.1, 0.15) is 0 Å². The number of primary amides is 1. The van der Waals surface area contributed by atoms with Gasteiger partial charge in [-0.15, -0.1) is 0 Å². The maximum Gasteiger partial charge on any atom is 0.254 e. The standard InChI is InChI=1S/C17H22N2O2/c18-16(20)11-15-6-1-2-9-19(15)17(21)14-8-7-12-4-3-5-13(12)10-14/h7-8,10,15H,1-6,9,11H2,(H2,18,20)/t15-/m0/s1. The van der Waals surface area contributed by atoms with Crippen LogP contribution in [-0.4, -0.2) is 29.3 Å². The van der Waals surface area contributed by atoms with E-state index in [9.17, 15) is 9.59 Å². The van der Waals surface area contributed by atoms with E-state index >= 15 is 0 Å². The van der Waals surface area contributed by atoms with Gasteiger partial charge in [-0.2, -0.15) is 0 Å². The monoisotopic (exact) mass is 286 g/mol. The van der Waals surface area contributed by atoms with Crippen molar-refractivity contribution in [3.63, 3.8) is 0 Å². The van der Waals surface area contributed by atoms with Gasteiger partial charge < -0.3 is 10.6 Å². The topological polar surface area (TPSA) is 63.4 Å². The number of rotatable bonds is 3. The van der Waals surface area contributed by atoms with E-state index in [2.05, 4.69) is 6.07 Å². The number of nitrogens with two attached hydrogens (primary N) is 1. The molecule has 1 saturated heterocycles. The molecule has 4 heteroatoms. The summed E-state index contributed by atoms with van der Waals surface area (Å²) in [5.74, 6) is -0.274. The van der Waals surface area contributed by atoms with Crippen LogP contribution in [0.15, 0.2) is 18.2 Å². The first-order valence-electron chi connectivity index (χ1n) is 7.86. The third-order valence-corrected chi connectivity index (χ3v) is 4.67. The molecule has 4 nitrogen and oxygen atoms in total. The number of likely N-dealkylation sites (tertiary alicyclic amines) is 1. The molecular formula is C17H22N2O2. The van der Waals surface area contributed by atoms with Crippen LogP contribution in [0.3, 0.4) is 0 Å². The van der Waals surface area contributed by atoms with Crippen molar-refractivity contribution in [2.45, 2.75) is 51.0 Å². The molecule has 0 saturated carbocycles. The molecule has 2 N–H and O–H groups in total. The van der Waals surface area contributed by atoms with Gasteiger partial charge in [-0.25, -0.2) is 0 Å². The molecule has 0 aromatic heterocycles. The van der Waals surface area contributed by atoms with Gasteiger partial charge in [-0.1, -0.05) is 6.07 Å². The molecule has 2 amide bonds. The van der Waals surface area contributed by atoms with Crippen LogP contribution in [0.2, 0.25) is 0 Å². The van der Waals surface area contributed by atoms with Crippen molar-refractivity contribution in [3.05, 3.63) is 34.9 Å². The van der Waals surface area contributed by atoms with Crippen LogP contribution < -0.4 is 5.73 Å². The first-order valence-corrected chi connectivity index (χ1v) is 7.86. The van der Waals surface area contributed by atoms with Crippen molar-refractivity contribution in [2.24, 2.45) is 5.73 Å². The summed E-state index contributed by atoms with van der Waals surface area (Å²) in [6.45, 7) is 0.730. The Balaban J connectivity index is 1.80. The minimum atomic E-state index is -0.325. The fourth-order valence-corrected chi connectivity index (χ4v) is 3.58. The first-order chi connectivity index (χ1) is 10.1. The summed E-state index contributed by atoms with van der Waals surface area (Å²) >= 11 is 0. The Hall–Kier alpha value is -1.84. The van der Waals surface area contributed by atoms with Gasteiger partial charge in [0.05, 0.1) is 0 Å². The molecule has 0 bridgehead atoms. The van der Waals surface area contributed by atoms with Gasteiger partial charge in [0.25, 0.3) is 5.91 Å². The second-order valence-corrected chi connectivity index (χ2v) is 6.16. The summed E-state index contributed by atoms with van der Waals surface area (Å²) in [4.78, 5) is 25.8. The number of nitrogens with zero attached hydrogens (tertiary/aromatic N) is 1. The second kappa shape index (κ2) is 5.88. The Morgan fingerprint density at radius 1 is 1.14 bits per heavy atom. The summed E-state index contributed by atoms with van der Waals surface area (Å²) in [5.41, 5.74) is 8.76. The maximum absolute atomic E-state index is 12.8. The normalized spacial score (nSPS) is 21.1. The molecule has 112 valence electrons. The molecule has 1 aliphatic heterocycles. The van der Waals surface area contributed by atoms with Crippen LogP contribution in [0.5, 0.6) is 0 Å². The lowest BCUT2D eigenvalue weighted by Gasteiger charge is -2.35. The third-order valence-electron chi connectivity index (χ3n) is 4.67. The van der Waals surface area contributed by atoms with E-state index < -0.39 is 0 Å². The molecule has 0 radical (unpaired) electrons. The highest BCUT2D eigenvalue weighted by Gasteiger charge is 2.29. The van der Waals surface area contributed by atoms with Gasteiger partial charge in [0.15, 0.2) is 0 Å². The van der Waals surface area contributed by atoms with Crippen molar-refractivity contribution >= 4 is 11.8 Å². The molecule has 1 aliphatic carbocycles. The molecule has 1 aromatic carbocycles. The van der Waals surface area contributed by atoms with Gasteiger partial charge >= 0.3 is 0 Å². The SMILES string of the molecule is NC(=O)C[C@@H]1CCCCN1C(=O)c1ccc2c(c1)CCC2. The van der Waals surface area contributed by atoms with Crippen LogP contribution in [0.25, 0.3) is 0 Å². The first kappa shape index (κ1) is 14.1. The Morgan fingerprint density at radius 2 is 1.95 bits per heavy atom. The van der Waals surface area contributed by atoms with Crippen molar-refractivity contribution < 1.29 is 9.59 Å². The van der Waals surface area contributed by atoms with Crippen molar-refractivity contribution in [3.8, 4) is 0 Å². The number of benzene rings is 1. The highest BCUT2D eigenvalue weighted by Crippen LogP contribution is 2.26. The summed E-state index contributed by atoms with van der Waals surface area (Å²) in [6.07, 6.45) is 6.59.